The highest BCUT2D eigenvalue weighted by atomic mass is 16.4. The van der Waals surface area contributed by atoms with Crippen molar-refractivity contribution >= 4 is 17.8 Å². The van der Waals surface area contributed by atoms with Gasteiger partial charge in [-0.15, -0.1) is 0 Å². The van der Waals surface area contributed by atoms with E-state index in [0.717, 1.165) is 10.5 Å². The molecular weight excluding hydrogens is 246 g/mol. The van der Waals surface area contributed by atoms with Gasteiger partial charge in [0, 0.05) is 0 Å². The van der Waals surface area contributed by atoms with E-state index >= 15 is 0 Å². The van der Waals surface area contributed by atoms with E-state index in [4.69, 9.17) is 5.11 Å². The van der Waals surface area contributed by atoms with Gasteiger partial charge in [0.2, 0.25) is 0 Å². The molecule has 0 spiro atoms. The van der Waals surface area contributed by atoms with Crippen LogP contribution in [0.25, 0.3) is 0 Å². The topological polar surface area (TPSA) is 74.7 Å². The van der Waals surface area contributed by atoms with E-state index in [1.54, 1.807) is 32.0 Å². The molecular formula is C14H15NO4. The fourth-order valence-corrected chi connectivity index (χ4v) is 2.35. The summed E-state index contributed by atoms with van der Waals surface area (Å²) in [6.07, 6.45) is -0.280. The minimum Gasteiger partial charge on any atom is -0.481 e. The van der Waals surface area contributed by atoms with Crippen LogP contribution in [0.1, 0.15) is 46.5 Å². The van der Waals surface area contributed by atoms with Crippen molar-refractivity contribution in [3.63, 3.8) is 0 Å². The average Bonchev–Trinajstić information content (AvgIpc) is 2.49. The second-order valence-electron chi connectivity index (χ2n) is 5.38. The SMILES string of the molecule is Cc1ccc2c(c1)C(=O)N(C(C)(C)CC(=O)O)C2=O. The van der Waals surface area contributed by atoms with Gasteiger partial charge in [0.1, 0.15) is 0 Å². The van der Waals surface area contributed by atoms with Crippen LogP contribution in [0.2, 0.25) is 0 Å². The lowest BCUT2D eigenvalue weighted by Crippen LogP contribution is -2.48. The first-order chi connectivity index (χ1) is 8.74. The molecule has 19 heavy (non-hydrogen) atoms. The first kappa shape index (κ1) is 13.3. The van der Waals surface area contributed by atoms with Crippen LogP contribution >= 0.6 is 0 Å². The Labute approximate surface area is 110 Å². The number of hydrogen-bond donors (Lipinski definition) is 1. The van der Waals surface area contributed by atoms with Gasteiger partial charge in [-0.1, -0.05) is 11.6 Å². The fourth-order valence-electron chi connectivity index (χ4n) is 2.35. The Hall–Kier alpha value is -2.17. The van der Waals surface area contributed by atoms with Crippen LogP contribution in [0.3, 0.4) is 0 Å². The summed E-state index contributed by atoms with van der Waals surface area (Å²) in [5, 5.41) is 8.89. The molecule has 1 N–H and O–H groups in total. The van der Waals surface area contributed by atoms with Gasteiger partial charge in [-0.3, -0.25) is 19.3 Å². The van der Waals surface area contributed by atoms with Crippen LogP contribution in [0.5, 0.6) is 0 Å². The van der Waals surface area contributed by atoms with E-state index < -0.39 is 23.3 Å². The van der Waals surface area contributed by atoms with Gasteiger partial charge in [0.15, 0.2) is 0 Å². The molecule has 0 bridgehead atoms. The van der Waals surface area contributed by atoms with Gasteiger partial charge in [0.25, 0.3) is 11.8 Å². The lowest BCUT2D eigenvalue weighted by molar-refractivity contribution is -0.139. The first-order valence-corrected chi connectivity index (χ1v) is 5.95. The summed E-state index contributed by atoms with van der Waals surface area (Å²) in [5.74, 6) is -1.89. The van der Waals surface area contributed by atoms with Crippen LogP contribution in [0, 0.1) is 6.92 Å². The number of carboxylic acid groups (broad SMARTS) is 1. The molecule has 0 atom stereocenters. The number of carbonyl (C=O) groups is 3. The number of amides is 2. The van der Waals surface area contributed by atoms with Gasteiger partial charge >= 0.3 is 5.97 Å². The summed E-state index contributed by atoms with van der Waals surface area (Å²) in [7, 11) is 0. The molecule has 0 saturated carbocycles. The number of fused-ring (bicyclic) bond motifs is 1. The summed E-state index contributed by atoms with van der Waals surface area (Å²) >= 11 is 0. The summed E-state index contributed by atoms with van der Waals surface area (Å²) in [5.41, 5.74) is 0.530. The van der Waals surface area contributed by atoms with Crippen LogP contribution < -0.4 is 0 Å². The van der Waals surface area contributed by atoms with Crippen molar-refractivity contribution in [2.45, 2.75) is 32.7 Å². The molecule has 1 aromatic carbocycles. The number of rotatable bonds is 3. The first-order valence-electron chi connectivity index (χ1n) is 5.95. The third-order valence-corrected chi connectivity index (χ3v) is 3.23. The number of carboxylic acids is 1. The molecule has 2 amide bonds. The molecule has 5 nitrogen and oxygen atoms in total. The zero-order chi connectivity index (χ0) is 14.4. The zero-order valence-corrected chi connectivity index (χ0v) is 11.1. The number of benzene rings is 1. The molecule has 0 aliphatic carbocycles. The van der Waals surface area contributed by atoms with Gasteiger partial charge in [-0.25, -0.2) is 0 Å². The predicted octanol–water partition coefficient (Wildman–Crippen LogP) is 1.84. The van der Waals surface area contributed by atoms with Gasteiger partial charge in [-0.05, 0) is 32.9 Å². The van der Waals surface area contributed by atoms with E-state index in [1.807, 2.05) is 6.92 Å². The molecule has 100 valence electrons. The monoisotopic (exact) mass is 261 g/mol. The molecule has 0 unspecified atom stereocenters. The van der Waals surface area contributed by atoms with Crippen molar-refractivity contribution in [2.24, 2.45) is 0 Å². The maximum Gasteiger partial charge on any atom is 0.305 e. The van der Waals surface area contributed by atoms with Crippen molar-refractivity contribution < 1.29 is 19.5 Å². The highest BCUT2D eigenvalue weighted by Gasteiger charge is 2.44. The van der Waals surface area contributed by atoms with Crippen molar-refractivity contribution in [1.82, 2.24) is 4.90 Å². The van der Waals surface area contributed by atoms with E-state index in [0.29, 0.717) is 11.1 Å². The Morgan fingerprint density at radius 1 is 1.21 bits per heavy atom. The average molecular weight is 261 g/mol. The van der Waals surface area contributed by atoms with Crippen molar-refractivity contribution in [1.29, 1.82) is 0 Å². The molecule has 5 heteroatoms. The Kier molecular flexibility index (Phi) is 2.92. The van der Waals surface area contributed by atoms with Crippen LogP contribution in [-0.4, -0.2) is 33.3 Å². The van der Waals surface area contributed by atoms with Gasteiger partial charge in [0.05, 0.1) is 23.1 Å². The normalized spacial score (nSPS) is 14.8. The molecule has 0 fully saturated rings. The van der Waals surface area contributed by atoms with Crippen molar-refractivity contribution in [3.05, 3.63) is 34.9 Å². The smallest absolute Gasteiger partial charge is 0.305 e. The van der Waals surface area contributed by atoms with Crippen LogP contribution in [-0.2, 0) is 4.79 Å². The predicted molar refractivity (Wildman–Crippen MR) is 68.0 cm³/mol. The van der Waals surface area contributed by atoms with Crippen molar-refractivity contribution in [2.75, 3.05) is 0 Å². The Bertz CT molecular complexity index is 589. The lowest BCUT2D eigenvalue weighted by atomic mass is 9.98. The second-order valence-corrected chi connectivity index (χ2v) is 5.38. The number of aliphatic carboxylic acids is 1. The standard InChI is InChI=1S/C14H15NO4/c1-8-4-5-9-10(6-8)13(19)15(12(9)18)14(2,3)7-11(16)17/h4-6H,7H2,1-3H3,(H,16,17). The van der Waals surface area contributed by atoms with Crippen LogP contribution in [0.4, 0.5) is 0 Å². The fraction of sp³-hybridized carbons (Fsp3) is 0.357. The van der Waals surface area contributed by atoms with Crippen molar-refractivity contribution in [3.8, 4) is 0 Å². The van der Waals surface area contributed by atoms with E-state index in [-0.39, 0.29) is 6.42 Å². The highest BCUT2D eigenvalue weighted by molar-refractivity contribution is 6.22. The summed E-state index contributed by atoms with van der Waals surface area (Å²) < 4.78 is 0. The zero-order valence-electron chi connectivity index (χ0n) is 11.1. The molecule has 1 aliphatic rings. The second kappa shape index (κ2) is 4.19. The summed E-state index contributed by atoms with van der Waals surface area (Å²) in [4.78, 5) is 36.5. The van der Waals surface area contributed by atoms with E-state index in [2.05, 4.69) is 0 Å². The van der Waals surface area contributed by atoms with E-state index in [1.165, 1.54) is 0 Å². The largest absolute Gasteiger partial charge is 0.481 e. The number of hydrogen-bond acceptors (Lipinski definition) is 3. The summed E-state index contributed by atoms with van der Waals surface area (Å²) in [6, 6.07) is 5.03. The maximum atomic E-state index is 12.3. The quantitative estimate of drug-likeness (QED) is 0.842. The molecule has 2 rings (SSSR count). The molecule has 1 heterocycles. The van der Waals surface area contributed by atoms with E-state index in [9.17, 15) is 14.4 Å². The molecule has 0 aromatic heterocycles. The third-order valence-electron chi connectivity index (χ3n) is 3.23. The Morgan fingerprint density at radius 3 is 2.37 bits per heavy atom. The number of imide groups is 1. The molecule has 0 saturated heterocycles. The number of aryl methyl sites for hydroxylation is 1. The Morgan fingerprint density at radius 2 is 1.79 bits per heavy atom. The van der Waals surface area contributed by atoms with Gasteiger partial charge < -0.3 is 5.11 Å². The van der Waals surface area contributed by atoms with Crippen LogP contribution in [0.15, 0.2) is 18.2 Å². The molecule has 1 aliphatic heterocycles. The number of carbonyl (C=O) groups excluding carboxylic acids is 2. The maximum absolute atomic E-state index is 12.3. The highest BCUT2D eigenvalue weighted by Crippen LogP contribution is 2.31. The minimum absolute atomic E-state index is 0.280. The summed E-state index contributed by atoms with van der Waals surface area (Å²) in [6.45, 7) is 4.99. The lowest BCUT2D eigenvalue weighted by Gasteiger charge is -2.32. The number of nitrogens with zero attached hydrogens (tertiary/aromatic N) is 1. The molecule has 1 aromatic rings. The van der Waals surface area contributed by atoms with Gasteiger partial charge in [-0.2, -0.15) is 0 Å². The Balaban J connectivity index is 2.45. The minimum atomic E-state index is -1.05. The third kappa shape index (κ3) is 2.12. The molecule has 0 radical (unpaired) electrons.